The molecule has 7 N–H and O–H groups in total. The monoisotopic (exact) mass is 215 g/mol. The molecule has 0 radical (unpaired) electrons. The van der Waals surface area contributed by atoms with Gasteiger partial charge in [-0.05, 0) is 12.8 Å². The maximum absolute atomic E-state index is 10.9. The van der Waals surface area contributed by atoms with Crippen LogP contribution in [0.25, 0.3) is 0 Å². The average Bonchev–Trinajstić information content (AvgIpc) is 2.21. The zero-order valence-electron chi connectivity index (χ0n) is 8.45. The maximum atomic E-state index is 10.9. The number of aldehydes is 1. The Hall–Kier alpha value is -1.63. The summed E-state index contributed by atoms with van der Waals surface area (Å²) in [4.78, 5) is 21.4. The molecule has 0 aliphatic carbocycles. The summed E-state index contributed by atoms with van der Waals surface area (Å²) in [6, 6.07) is -0.519. The first-order chi connectivity index (χ1) is 7.10. The van der Waals surface area contributed by atoms with Gasteiger partial charge in [0.15, 0.2) is 5.96 Å². The Bertz CT molecular complexity index is 231. The van der Waals surface area contributed by atoms with Crippen molar-refractivity contribution in [1.82, 2.24) is 10.6 Å². The molecule has 0 bridgehead atoms. The van der Waals surface area contributed by atoms with Gasteiger partial charge < -0.3 is 26.9 Å². The van der Waals surface area contributed by atoms with Gasteiger partial charge in [0.05, 0.1) is 12.6 Å². The van der Waals surface area contributed by atoms with Gasteiger partial charge in [0.1, 0.15) is 6.29 Å². The quantitative estimate of drug-likeness (QED) is 0.143. The predicted octanol–water partition coefficient (Wildman–Crippen LogP) is -2.11. The molecule has 1 amide bonds. The highest BCUT2D eigenvalue weighted by molar-refractivity contribution is 5.81. The number of rotatable bonds is 7. The van der Waals surface area contributed by atoms with Crippen molar-refractivity contribution in [2.75, 3.05) is 13.1 Å². The van der Waals surface area contributed by atoms with Crippen LogP contribution in [-0.4, -0.2) is 37.3 Å². The van der Waals surface area contributed by atoms with Crippen LogP contribution in [0.1, 0.15) is 12.8 Å². The van der Waals surface area contributed by atoms with Crippen molar-refractivity contribution < 1.29 is 9.59 Å². The molecule has 0 rings (SSSR count). The van der Waals surface area contributed by atoms with Crippen LogP contribution in [-0.2, 0) is 9.59 Å². The van der Waals surface area contributed by atoms with Gasteiger partial charge in [-0.2, -0.15) is 0 Å². The third-order valence-electron chi connectivity index (χ3n) is 1.70. The zero-order valence-corrected chi connectivity index (χ0v) is 8.45. The van der Waals surface area contributed by atoms with Crippen molar-refractivity contribution in [1.29, 1.82) is 5.41 Å². The van der Waals surface area contributed by atoms with E-state index in [0.29, 0.717) is 25.7 Å². The molecule has 0 saturated heterocycles. The van der Waals surface area contributed by atoms with Gasteiger partial charge in [0.25, 0.3) is 0 Å². The number of carbonyl (C=O) groups excluding carboxylic acids is 2. The number of guanidine groups is 1. The highest BCUT2D eigenvalue weighted by atomic mass is 16.2. The number of nitrogens with two attached hydrogens (primary N) is 2. The smallest absolute Gasteiger partial charge is 0.234 e. The summed E-state index contributed by atoms with van der Waals surface area (Å²) in [7, 11) is 0. The Labute approximate surface area is 88.1 Å². The molecule has 1 unspecified atom stereocenters. The first-order valence-corrected chi connectivity index (χ1v) is 4.62. The summed E-state index contributed by atoms with van der Waals surface area (Å²) in [6.45, 7) is 0.369. The lowest BCUT2D eigenvalue weighted by atomic mass is 10.2. The van der Waals surface area contributed by atoms with Crippen molar-refractivity contribution >= 4 is 18.2 Å². The van der Waals surface area contributed by atoms with E-state index in [-0.39, 0.29) is 18.4 Å². The van der Waals surface area contributed by atoms with Crippen molar-refractivity contribution in [2.45, 2.75) is 18.9 Å². The number of carbonyl (C=O) groups is 2. The van der Waals surface area contributed by atoms with Crippen molar-refractivity contribution in [3.63, 3.8) is 0 Å². The maximum Gasteiger partial charge on any atom is 0.234 e. The Morgan fingerprint density at radius 3 is 2.67 bits per heavy atom. The van der Waals surface area contributed by atoms with Gasteiger partial charge >= 0.3 is 0 Å². The molecule has 0 heterocycles. The first kappa shape index (κ1) is 13.4. The van der Waals surface area contributed by atoms with E-state index in [4.69, 9.17) is 16.9 Å². The zero-order chi connectivity index (χ0) is 11.7. The molecular weight excluding hydrogens is 198 g/mol. The number of amides is 1. The minimum atomic E-state index is -0.519. The van der Waals surface area contributed by atoms with E-state index >= 15 is 0 Å². The Morgan fingerprint density at radius 1 is 1.53 bits per heavy atom. The van der Waals surface area contributed by atoms with E-state index in [2.05, 4.69) is 10.6 Å². The number of hydrogen-bond donors (Lipinski definition) is 5. The Balaban J connectivity index is 3.66. The van der Waals surface area contributed by atoms with E-state index in [0.717, 1.165) is 0 Å². The van der Waals surface area contributed by atoms with E-state index < -0.39 is 6.04 Å². The molecule has 0 aromatic carbocycles. The third kappa shape index (κ3) is 7.44. The van der Waals surface area contributed by atoms with Gasteiger partial charge in [-0.15, -0.1) is 0 Å². The van der Waals surface area contributed by atoms with Gasteiger partial charge in [0, 0.05) is 6.54 Å². The van der Waals surface area contributed by atoms with Crippen molar-refractivity contribution in [3.8, 4) is 0 Å². The molecule has 7 nitrogen and oxygen atoms in total. The average molecular weight is 215 g/mol. The van der Waals surface area contributed by atoms with Crippen LogP contribution in [0.5, 0.6) is 0 Å². The normalized spacial score (nSPS) is 11.5. The Morgan fingerprint density at radius 2 is 2.20 bits per heavy atom. The lowest BCUT2D eigenvalue weighted by Gasteiger charge is -2.11. The van der Waals surface area contributed by atoms with Crippen LogP contribution in [0.4, 0.5) is 0 Å². The second kappa shape index (κ2) is 7.74. The summed E-state index contributed by atoms with van der Waals surface area (Å²) in [5.41, 5.74) is 10.1. The van der Waals surface area contributed by atoms with Crippen LogP contribution in [0, 0.1) is 5.41 Å². The predicted molar refractivity (Wildman–Crippen MR) is 56.2 cm³/mol. The molecule has 7 heteroatoms. The fourth-order valence-electron chi connectivity index (χ4n) is 0.985. The van der Waals surface area contributed by atoms with E-state index in [1.54, 1.807) is 0 Å². The highest BCUT2D eigenvalue weighted by Crippen LogP contribution is 1.93. The Kier molecular flexibility index (Phi) is 6.90. The lowest BCUT2D eigenvalue weighted by molar-refractivity contribution is -0.122. The van der Waals surface area contributed by atoms with Crippen molar-refractivity contribution in [3.05, 3.63) is 0 Å². The van der Waals surface area contributed by atoms with Gasteiger partial charge in [0.2, 0.25) is 5.91 Å². The summed E-state index contributed by atoms with van der Waals surface area (Å²) in [5.74, 6) is -0.463. The van der Waals surface area contributed by atoms with Crippen LogP contribution >= 0.6 is 0 Å². The second-order valence-electron chi connectivity index (χ2n) is 3.00. The van der Waals surface area contributed by atoms with Crippen molar-refractivity contribution in [2.24, 2.45) is 11.5 Å². The van der Waals surface area contributed by atoms with Crippen LogP contribution < -0.4 is 22.1 Å². The minimum absolute atomic E-state index is 0.108. The third-order valence-corrected chi connectivity index (χ3v) is 1.70. The fourth-order valence-corrected chi connectivity index (χ4v) is 0.985. The van der Waals surface area contributed by atoms with Gasteiger partial charge in [-0.3, -0.25) is 10.2 Å². The molecule has 0 aliphatic heterocycles. The minimum Gasteiger partial charge on any atom is -0.370 e. The largest absolute Gasteiger partial charge is 0.370 e. The molecule has 0 fully saturated rings. The van der Waals surface area contributed by atoms with Gasteiger partial charge in [-0.1, -0.05) is 0 Å². The molecule has 15 heavy (non-hydrogen) atoms. The van der Waals surface area contributed by atoms with E-state index in [9.17, 15) is 9.59 Å². The summed E-state index contributed by atoms with van der Waals surface area (Å²) in [5, 5.41) is 11.9. The van der Waals surface area contributed by atoms with Crippen LogP contribution in [0.2, 0.25) is 0 Å². The highest BCUT2D eigenvalue weighted by Gasteiger charge is 2.09. The molecule has 0 spiro atoms. The SMILES string of the molecule is N=C(N)NCCCC(C=O)NC(=O)CN. The van der Waals surface area contributed by atoms with E-state index in [1.165, 1.54) is 0 Å². The second-order valence-corrected chi connectivity index (χ2v) is 3.00. The first-order valence-electron chi connectivity index (χ1n) is 4.62. The molecule has 0 saturated carbocycles. The number of hydrogen-bond acceptors (Lipinski definition) is 4. The summed E-state index contributed by atoms with van der Waals surface area (Å²) in [6.07, 6.45) is 1.80. The topological polar surface area (TPSA) is 134 Å². The molecule has 1 atom stereocenters. The fraction of sp³-hybridized carbons (Fsp3) is 0.625. The molecule has 0 aliphatic rings. The number of nitrogens with one attached hydrogen (secondary N) is 3. The van der Waals surface area contributed by atoms with Gasteiger partial charge in [-0.25, -0.2) is 0 Å². The molecular formula is C8H17N5O2. The summed E-state index contributed by atoms with van der Waals surface area (Å²) < 4.78 is 0. The molecule has 0 aromatic heterocycles. The van der Waals surface area contributed by atoms with E-state index in [1.807, 2.05) is 0 Å². The van der Waals surface area contributed by atoms with Crippen LogP contribution in [0.3, 0.4) is 0 Å². The standard InChI is InChI=1S/C8H17N5O2/c9-4-7(15)13-6(5-14)2-1-3-12-8(10)11/h5-6H,1-4,9H2,(H,13,15)(H4,10,11,12). The van der Waals surface area contributed by atoms with Crippen LogP contribution in [0.15, 0.2) is 0 Å². The molecule has 86 valence electrons. The lowest BCUT2D eigenvalue weighted by Crippen LogP contribution is -2.40. The molecule has 0 aromatic rings. The summed E-state index contributed by atoms with van der Waals surface area (Å²) >= 11 is 0.